The Bertz CT molecular complexity index is 419. The van der Waals surface area contributed by atoms with Gasteiger partial charge in [-0.3, -0.25) is 4.79 Å². The molecule has 1 amide bonds. The van der Waals surface area contributed by atoms with Gasteiger partial charge in [-0.15, -0.1) is 11.3 Å². The van der Waals surface area contributed by atoms with E-state index in [-0.39, 0.29) is 5.91 Å². The lowest BCUT2D eigenvalue weighted by Gasteiger charge is -2.22. The van der Waals surface area contributed by atoms with Crippen molar-refractivity contribution < 1.29 is 9.90 Å². The number of hydrogen-bond donors (Lipinski definition) is 2. The predicted octanol–water partition coefficient (Wildman–Crippen LogP) is 2.40. The van der Waals surface area contributed by atoms with Crippen LogP contribution in [0, 0.1) is 13.8 Å². The molecule has 94 valence electrons. The van der Waals surface area contributed by atoms with Crippen LogP contribution in [0.4, 0.5) is 0 Å². The van der Waals surface area contributed by atoms with E-state index in [0.717, 1.165) is 41.0 Å². The van der Waals surface area contributed by atoms with Crippen molar-refractivity contribution in [3.8, 4) is 0 Å². The summed E-state index contributed by atoms with van der Waals surface area (Å²) in [6.07, 6.45) is 3.72. The molecule has 1 aromatic heterocycles. The van der Waals surface area contributed by atoms with Crippen molar-refractivity contribution in [2.75, 3.05) is 6.54 Å². The van der Waals surface area contributed by atoms with Gasteiger partial charge in [0, 0.05) is 16.3 Å². The van der Waals surface area contributed by atoms with Gasteiger partial charge in [0.1, 0.15) is 0 Å². The fraction of sp³-hybridized carbons (Fsp3) is 0.615. The first-order valence-electron chi connectivity index (χ1n) is 6.08. The summed E-state index contributed by atoms with van der Waals surface area (Å²) in [5, 5.41) is 13.0. The van der Waals surface area contributed by atoms with Gasteiger partial charge in [-0.25, -0.2) is 0 Å². The van der Waals surface area contributed by atoms with Crippen LogP contribution < -0.4 is 5.32 Å². The maximum atomic E-state index is 12.0. The summed E-state index contributed by atoms with van der Waals surface area (Å²) in [6.45, 7) is 4.33. The van der Waals surface area contributed by atoms with Gasteiger partial charge in [0.15, 0.2) is 0 Å². The van der Waals surface area contributed by atoms with Crippen LogP contribution in [0.25, 0.3) is 0 Å². The highest BCUT2D eigenvalue weighted by molar-refractivity contribution is 7.12. The molecule has 0 atom stereocenters. The fourth-order valence-corrected chi connectivity index (χ4v) is 3.33. The number of carbonyl (C=O) groups is 1. The standard InChI is InChI=1S/C13H19NO2S/c1-9-7-11(10(2)17-9)12(15)14-8-13(16)5-3-4-6-13/h7,16H,3-6,8H2,1-2H3,(H,14,15). The highest BCUT2D eigenvalue weighted by Gasteiger charge is 2.31. The molecule has 0 aromatic carbocycles. The summed E-state index contributed by atoms with van der Waals surface area (Å²) in [5.41, 5.74) is 0.0725. The van der Waals surface area contributed by atoms with E-state index >= 15 is 0 Å². The molecule has 17 heavy (non-hydrogen) atoms. The third-order valence-electron chi connectivity index (χ3n) is 3.40. The summed E-state index contributed by atoms with van der Waals surface area (Å²) in [7, 11) is 0. The second kappa shape index (κ2) is 4.78. The Kier molecular flexibility index (Phi) is 3.54. The van der Waals surface area contributed by atoms with E-state index in [0.29, 0.717) is 6.54 Å². The molecule has 3 nitrogen and oxygen atoms in total. The van der Waals surface area contributed by atoms with Gasteiger partial charge in [-0.2, -0.15) is 0 Å². The van der Waals surface area contributed by atoms with E-state index in [2.05, 4.69) is 5.32 Å². The van der Waals surface area contributed by atoms with E-state index < -0.39 is 5.60 Å². The number of hydrogen-bond acceptors (Lipinski definition) is 3. The first-order chi connectivity index (χ1) is 8.00. The molecule has 0 bridgehead atoms. The Morgan fingerprint density at radius 3 is 2.65 bits per heavy atom. The molecule has 0 saturated heterocycles. The molecule has 0 radical (unpaired) electrons. The number of carbonyl (C=O) groups excluding carboxylic acids is 1. The fourth-order valence-electron chi connectivity index (χ4n) is 2.41. The number of amides is 1. The van der Waals surface area contributed by atoms with Crippen molar-refractivity contribution in [3.05, 3.63) is 21.4 Å². The molecule has 1 heterocycles. The zero-order valence-electron chi connectivity index (χ0n) is 10.4. The molecule has 1 fully saturated rings. The van der Waals surface area contributed by atoms with Crippen LogP contribution in [0.3, 0.4) is 0 Å². The lowest BCUT2D eigenvalue weighted by molar-refractivity contribution is 0.0449. The molecule has 1 aliphatic carbocycles. The number of aliphatic hydroxyl groups is 1. The van der Waals surface area contributed by atoms with Crippen molar-refractivity contribution in [1.82, 2.24) is 5.32 Å². The van der Waals surface area contributed by atoms with Gasteiger partial charge in [0.05, 0.1) is 11.2 Å². The van der Waals surface area contributed by atoms with Crippen molar-refractivity contribution in [1.29, 1.82) is 0 Å². The molecule has 1 saturated carbocycles. The van der Waals surface area contributed by atoms with Gasteiger partial charge in [0.25, 0.3) is 5.91 Å². The average molecular weight is 253 g/mol. The number of thiophene rings is 1. The molecule has 1 aliphatic rings. The topological polar surface area (TPSA) is 49.3 Å². The molecule has 1 aromatic rings. The monoisotopic (exact) mass is 253 g/mol. The van der Waals surface area contributed by atoms with Crippen LogP contribution in [0.2, 0.25) is 0 Å². The van der Waals surface area contributed by atoms with Crippen molar-refractivity contribution in [2.45, 2.75) is 45.1 Å². The van der Waals surface area contributed by atoms with Gasteiger partial charge in [-0.1, -0.05) is 12.8 Å². The van der Waals surface area contributed by atoms with E-state index in [9.17, 15) is 9.90 Å². The quantitative estimate of drug-likeness (QED) is 0.869. The first kappa shape index (κ1) is 12.6. The second-order valence-corrected chi connectivity index (χ2v) is 6.40. The zero-order valence-corrected chi connectivity index (χ0v) is 11.2. The van der Waals surface area contributed by atoms with Gasteiger partial charge < -0.3 is 10.4 Å². The SMILES string of the molecule is Cc1cc(C(=O)NCC2(O)CCCC2)c(C)s1. The van der Waals surface area contributed by atoms with Crippen LogP contribution in [0.5, 0.6) is 0 Å². The predicted molar refractivity (Wildman–Crippen MR) is 69.5 cm³/mol. The molecule has 0 unspecified atom stereocenters. The number of nitrogens with one attached hydrogen (secondary N) is 1. The van der Waals surface area contributed by atoms with Gasteiger partial charge >= 0.3 is 0 Å². The minimum absolute atomic E-state index is 0.0628. The van der Waals surface area contributed by atoms with Gasteiger partial charge in [0.2, 0.25) is 0 Å². The normalized spacial score (nSPS) is 18.3. The average Bonchev–Trinajstić information content (AvgIpc) is 2.83. The number of rotatable bonds is 3. The molecule has 4 heteroatoms. The minimum Gasteiger partial charge on any atom is -0.388 e. The molecule has 2 rings (SSSR count). The van der Waals surface area contributed by atoms with E-state index in [1.54, 1.807) is 11.3 Å². The Morgan fingerprint density at radius 2 is 2.12 bits per heavy atom. The van der Waals surface area contributed by atoms with Gasteiger partial charge in [-0.05, 0) is 32.8 Å². The lowest BCUT2D eigenvalue weighted by Crippen LogP contribution is -2.40. The van der Waals surface area contributed by atoms with E-state index in [4.69, 9.17) is 0 Å². The molecular weight excluding hydrogens is 234 g/mol. The summed E-state index contributed by atoms with van der Waals surface area (Å²) >= 11 is 1.63. The molecular formula is C13H19NO2S. The minimum atomic E-state index is -0.672. The Labute approximate surface area is 106 Å². The summed E-state index contributed by atoms with van der Waals surface area (Å²) in [5.74, 6) is -0.0628. The van der Waals surface area contributed by atoms with E-state index in [1.165, 1.54) is 0 Å². The summed E-state index contributed by atoms with van der Waals surface area (Å²) in [4.78, 5) is 14.1. The van der Waals surface area contributed by atoms with Crippen molar-refractivity contribution in [2.24, 2.45) is 0 Å². The van der Waals surface area contributed by atoms with E-state index in [1.807, 2.05) is 19.9 Å². The lowest BCUT2D eigenvalue weighted by atomic mass is 10.0. The smallest absolute Gasteiger partial charge is 0.252 e. The zero-order chi connectivity index (χ0) is 12.5. The first-order valence-corrected chi connectivity index (χ1v) is 6.89. The second-order valence-electron chi connectivity index (χ2n) is 4.94. The maximum Gasteiger partial charge on any atom is 0.252 e. The molecule has 0 spiro atoms. The molecule has 0 aliphatic heterocycles. The third-order valence-corrected chi connectivity index (χ3v) is 4.36. The largest absolute Gasteiger partial charge is 0.388 e. The van der Waals surface area contributed by atoms with Crippen LogP contribution >= 0.6 is 11.3 Å². The third kappa shape index (κ3) is 2.87. The Morgan fingerprint density at radius 1 is 1.47 bits per heavy atom. The maximum absolute atomic E-state index is 12.0. The highest BCUT2D eigenvalue weighted by Crippen LogP contribution is 2.28. The van der Waals surface area contributed by atoms with Crippen LogP contribution in [0.15, 0.2) is 6.07 Å². The van der Waals surface area contributed by atoms with Crippen molar-refractivity contribution in [3.63, 3.8) is 0 Å². The van der Waals surface area contributed by atoms with Crippen LogP contribution in [-0.2, 0) is 0 Å². The summed E-state index contributed by atoms with van der Waals surface area (Å²) < 4.78 is 0. The number of aryl methyl sites for hydroxylation is 2. The molecule has 2 N–H and O–H groups in total. The van der Waals surface area contributed by atoms with Crippen LogP contribution in [0.1, 0.15) is 45.8 Å². The van der Waals surface area contributed by atoms with Crippen molar-refractivity contribution >= 4 is 17.2 Å². The Hall–Kier alpha value is -0.870. The highest BCUT2D eigenvalue weighted by atomic mass is 32.1. The summed E-state index contributed by atoms with van der Waals surface area (Å²) in [6, 6.07) is 1.91. The Balaban J connectivity index is 1.95. The van der Waals surface area contributed by atoms with Crippen LogP contribution in [-0.4, -0.2) is 23.2 Å².